The van der Waals surface area contributed by atoms with E-state index in [-0.39, 0.29) is 5.91 Å². The summed E-state index contributed by atoms with van der Waals surface area (Å²) in [4.78, 5) is 17.9. The van der Waals surface area contributed by atoms with Crippen molar-refractivity contribution in [2.75, 3.05) is 5.32 Å². The molecular formula is C17H14N4O2S2. The van der Waals surface area contributed by atoms with Crippen molar-refractivity contribution in [3.8, 4) is 16.6 Å². The highest BCUT2D eigenvalue weighted by Gasteiger charge is 2.15. The smallest absolute Gasteiger partial charge is 0.230 e. The van der Waals surface area contributed by atoms with Crippen LogP contribution in [-0.2, 0) is 11.2 Å². The zero-order valence-electron chi connectivity index (χ0n) is 13.3. The standard InChI is InChI=1S/C17H14N4O2S2/c1-11-8-15(19-16(22)9-12-4-3-7-24-12)21(20-11)17-18-13(10-25-17)14-5-2-6-23-14/h2-8,10H,9H2,1H3,(H,19,22). The molecule has 126 valence electrons. The van der Waals surface area contributed by atoms with Crippen LogP contribution >= 0.6 is 22.7 Å². The molecule has 4 heterocycles. The van der Waals surface area contributed by atoms with E-state index in [1.807, 2.05) is 48.0 Å². The summed E-state index contributed by atoms with van der Waals surface area (Å²) in [6.45, 7) is 1.88. The number of aromatic nitrogens is 3. The van der Waals surface area contributed by atoms with E-state index in [1.54, 1.807) is 22.3 Å². The molecular weight excluding hydrogens is 356 g/mol. The van der Waals surface area contributed by atoms with Crippen molar-refractivity contribution >= 4 is 34.4 Å². The van der Waals surface area contributed by atoms with E-state index < -0.39 is 0 Å². The van der Waals surface area contributed by atoms with Crippen molar-refractivity contribution in [1.29, 1.82) is 0 Å². The highest BCUT2D eigenvalue weighted by atomic mass is 32.1. The summed E-state index contributed by atoms with van der Waals surface area (Å²) in [6, 6.07) is 9.40. The molecule has 0 aromatic carbocycles. The third-order valence-corrected chi connectivity index (χ3v) is 5.15. The number of thiazole rings is 1. The summed E-state index contributed by atoms with van der Waals surface area (Å²) in [5, 5.41) is 11.9. The topological polar surface area (TPSA) is 73.0 Å². The molecule has 8 heteroatoms. The SMILES string of the molecule is Cc1cc(NC(=O)Cc2cccs2)n(-c2nc(-c3ccco3)cs2)n1. The van der Waals surface area contributed by atoms with Gasteiger partial charge in [0, 0.05) is 16.3 Å². The Hall–Kier alpha value is -2.71. The molecule has 0 spiro atoms. The number of nitrogens with zero attached hydrogens (tertiary/aromatic N) is 3. The number of carbonyl (C=O) groups excluding carboxylic acids is 1. The van der Waals surface area contributed by atoms with E-state index in [0.717, 1.165) is 16.3 Å². The third kappa shape index (κ3) is 3.40. The molecule has 0 saturated heterocycles. The van der Waals surface area contributed by atoms with Gasteiger partial charge in [0.25, 0.3) is 0 Å². The number of nitrogens with one attached hydrogen (secondary N) is 1. The first kappa shape index (κ1) is 15.8. The van der Waals surface area contributed by atoms with Gasteiger partial charge in [-0.3, -0.25) is 4.79 Å². The molecule has 0 aliphatic heterocycles. The Morgan fingerprint density at radius 2 is 2.24 bits per heavy atom. The van der Waals surface area contributed by atoms with Gasteiger partial charge in [-0.15, -0.1) is 22.7 Å². The van der Waals surface area contributed by atoms with E-state index in [2.05, 4.69) is 15.4 Å². The molecule has 0 radical (unpaired) electrons. The van der Waals surface area contributed by atoms with E-state index >= 15 is 0 Å². The Kier molecular flexibility index (Phi) is 4.21. The quantitative estimate of drug-likeness (QED) is 0.573. The Labute approximate surface area is 151 Å². The minimum Gasteiger partial charge on any atom is -0.463 e. The molecule has 0 unspecified atom stereocenters. The lowest BCUT2D eigenvalue weighted by molar-refractivity contribution is -0.115. The van der Waals surface area contributed by atoms with E-state index in [0.29, 0.717) is 23.1 Å². The molecule has 0 bridgehead atoms. The third-order valence-electron chi connectivity index (χ3n) is 3.46. The zero-order valence-corrected chi connectivity index (χ0v) is 14.9. The molecule has 25 heavy (non-hydrogen) atoms. The number of rotatable bonds is 5. The number of thiophene rings is 1. The van der Waals surface area contributed by atoms with Gasteiger partial charge < -0.3 is 9.73 Å². The van der Waals surface area contributed by atoms with Crippen molar-refractivity contribution in [1.82, 2.24) is 14.8 Å². The number of hydrogen-bond donors (Lipinski definition) is 1. The van der Waals surface area contributed by atoms with Gasteiger partial charge in [-0.2, -0.15) is 9.78 Å². The highest BCUT2D eigenvalue weighted by molar-refractivity contribution is 7.12. The van der Waals surface area contributed by atoms with Crippen LogP contribution in [0.1, 0.15) is 10.6 Å². The summed E-state index contributed by atoms with van der Waals surface area (Å²) in [5.74, 6) is 1.24. The fourth-order valence-corrected chi connectivity index (χ4v) is 3.87. The number of aryl methyl sites for hydroxylation is 1. The van der Waals surface area contributed by atoms with Crippen LogP contribution in [0.5, 0.6) is 0 Å². The Morgan fingerprint density at radius 1 is 1.32 bits per heavy atom. The average molecular weight is 370 g/mol. The molecule has 4 aromatic heterocycles. The molecule has 0 fully saturated rings. The molecule has 4 aromatic rings. The van der Waals surface area contributed by atoms with Gasteiger partial charge in [-0.1, -0.05) is 6.07 Å². The number of hydrogen-bond acceptors (Lipinski definition) is 6. The monoisotopic (exact) mass is 370 g/mol. The van der Waals surface area contributed by atoms with Gasteiger partial charge in [-0.05, 0) is 30.5 Å². The van der Waals surface area contributed by atoms with Gasteiger partial charge in [-0.25, -0.2) is 4.98 Å². The summed E-state index contributed by atoms with van der Waals surface area (Å²) < 4.78 is 7.02. The molecule has 1 amide bonds. The maximum atomic E-state index is 12.3. The summed E-state index contributed by atoms with van der Waals surface area (Å²) in [5.41, 5.74) is 1.55. The van der Waals surface area contributed by atoms with Crippen LogP contribution in [0.15, 0.2) is 51.8 Å². The minimum atomic E-state index is -0.0774. The predicted molar refractivity (Wildman–Crippen MR) is 98.3 cm³/mol. The molecule has 0 atom stereocenters. The number of anilines is 1. The molecule has 0 saturated carbocycles. The lowest BCUT2D eigenvalue weighted by atomic mass is 10.3. The van der Waals surface area contributed by atoms with Gasteiger partial charge in [0.05, 0.1) is 18.4 Å². The van der Waals surface area contributed by atoms with Crippen molar-refractivity contribution in [3.63, 3.8) is 0 Å². The lowest BCUT2D eigenvalue weighted by Crippen LogP contribution is -2.16. The maximum Gasteiger partial charge on any atom is 0.230 e. The number of furan rings is 1. The normalized spacial score (nSPS) is 10.9. The maximum absolute atomic E-state index is 12.3. The first-order valence-corrected chi connectivity index (χ1v) is 9.33. The van der Waals surface area contributed by atoms with Crippen molar-refractivity contribution in [2.24, 2.45) is 0 Å². The van der Waals surface area contributed by atoms with Crippen LogP contribution in [0.4, 0.5) is 5.82 Å². The van der Waals surface area contributed by atoms with Gasteiger partial charge in [0.2, 0.25) is 11.0 Å². The van der Waals surface area contributed by atoms with Crippen molar-refractivity contribution in [2.45, 2.75) is 13.3 Å². The summed E-state index contributed by atoms with van der Waals surface area (Å²) in [6.07, 6.45) is 1.96. The molecule has 1 N–H and O–H groups in total. The Morgan fingerprint density at radius 3 is 3.00 bits per heavy atom. The molecule has 6 nitrogen and oxygen atoms in total. The Balaban J connectivity index is 1.57. The fraction of sp³-hybridized carbons (Fsp3) is 0.118. The first-order chi connectivity index (χ1) is 12.2. The zero-order chi connectivity index (χ0) is 17.2. The summed E-state index contributed by atoms with van der Waals surface area (Å²) >= 11 is 3.01. The van der Waals surface area contributed by atoms with E-state index in [4.69, 9.17) is 4.42 Å². The minimum absolute atomic E-state index is 0.0774. The molecule has 0 aliphatic carbocycles. The highest BCUT2D eigenvalue weighted by Crippen LogP contribution is 2.26. The van der Waals surface area contributed by atoms with Crippen LogP contribution in [0.2, 0.25) is 0 Å². The van der Waals surface area contributed by atoms with Gasteiger partial charge in [0.1, 0.15) is 11.5 Å². The lowest BCUT2D eigenvalue weighted by Gasteiger charge is -2.05. The van der Waals surface area contributed by atoms with Crippen LogP contribution < -0.4 is 5.32 Å². The first-order valence-electron chi connectivity index (χ1n) is 7.58. The Bertz CT molecular complexity index is 984. The van der Waals surface area contributed by atoms with Crippen LogP contribution in [0, 0.1) is 6.92 Å². The van der Waals surface area contributed by atoms with E-state index in [9.17, 15) is 4.79 Å². The van der Waals surface area contributed by atoms with Crippen LogP contribution in [0.3, 0.4) is 0 Å². The largest absolute Gasteiger partial charge is 0.463 e. The molecule has 4 rings (SSSR count). The van der Waals surface area contributed by atoms with Crippen LogP contribution in [-0.4, -0.2) is 20.7 Å². The fourth-order valence-electron chi connectivity index (χ4n) is 2.39. The van der Waals surface area contributed by atoms with Gasteiger partial charge in [0.15, 0.2) is 5.76 Å². The summed E-state index contributed by atoms with van der Waals surface area (Å²) in [7, 11) is 0. The van der Waals surface area contributed by atoms with Gasteiger partial charge >= 0.3 is 0 Å². The second-order valence-electron chi connectivity index (χ2n) is 5.38. The van der Waals surface area contributed by atoms with Crippen LogP contribution in [0.25, 0.3) is 16.6 Å². The van der Waals surface area contributed by atoms with Crippen molar-refractivity contribution in [3.05, 3.63) is 57.9 Å². The second-order valence-corrected chi connectivity index (χ2v) is 7.25. The second kappa shape index (κ2) is 6.66. The molecule has 0 aliphatic rings. The van der Waals surface area contributed by atoms with E-state index in [1.165, 1.54) is 11.3 Å². The van der Waals surface area contributed by atoms with Crippen molar-refractivity contribution < 1.29 is 9.21 Å². The number of carbonyl (C=O) groups is 1. The number of amides is 1. The predicted octanol–water partition coefficient (Wildman–Crippen LogP) is 4.14. The average Bonchev–Trinajstić information content (AvgIpc) is 3.35.